The molecule has 1 atom stereocenters. The summed E-state index contributed by atoms with van der Waals surface area (Å²) in [7, 11) is 0. The zero-order valence-corrected chi connectivity index (χ0v) is 12.2. The monoisotopic (exact) mass is 285 g/mol. The van der Waals surface area contributed by atoms with Crippen LogP contribution in [-0.4, -0.2) is 31.1 Å². The highest BCUT2D eigenvalue weighted by atomic mass is 32.2. The van der Waals surface area contributed by atoms with Gasteiger partial charge in [0.15, 0.2) is 0 Å². The van der Waals surface area contributed by atoms with Crippen LogP contribution in [0.2, 0.25) is 0 Å². The molecule has 18 heavy (non-hydrogen) atoms. The standard InChI is InChI=1S/C13H19NO2S2/c1-17-9-3-7-14-13(15)12-6-5-11(18-12)10-4-2-8-16-10/h5-6,10H,2-4,7-9H2,1H3,(H,14,15)/t10-/m1/s1. The minimum Gasteiger partial charge on any atom is -0.373 e. The van der Waals surface area contributed by atoms with Gasteiger partial charge in [-0.05, 0) is 43.4 Å². The molecule has 1 amide bonds. The zero-order valence-electron chi connectivity index (χ0n) is 10.6. The van der Waals surface area contributed by atoms with Gasteiger partial charge in [-0.15, -0.1) is 11.3 Å². The molecule has 3 nitrogen and oxygen atoms in total. The summed E-state index contributed by atoms with van der Waals surface area (Å²) in [5, 5.41) is 2.96. The van der Waals surface area contributed by atoms with Crippen molar-refractivity contribution in [1.82, 2.24) is 5.32 Å². The van der Waals surface area contributed by atoms with Crippen molar-refractivity contribution in [2.24, 2.45) is 0 Å². The summed E-state index contributed by atoms with van der Waals surface area (Å²) in [5.41, 5.74) is 0. The number of thioether (sulfide) groups is 1. The number of rotatable bonds is 6. The Morgan fingerprint density at radius 1 is 1.61 bits per heavy atom. The maximum atomic E-state index is 11.9. The molecule has 2 rings (SSSR count). The van der Waals surface area contributed by atoms with Crippen molar-refractivity contribution in [1.29, 1.82) is 0 Å². The number of hydrogen-bond acceptors (Lipinski definition) is 4. The van der Waals surface area contributed by atoms with Gasteiger partial charge in [-0.2, -0.15) is 11.8 Å². The molecule has 0 aliphatic carbocycles. The Kier molecular flexibility index (Phi) is 5.53. The lowest BCUT2D eigenvalue weighted by Gasteiger charge is -2.05. The number of hydrogen-bond donors (Lipinski definition) is 1. The van der Waals surface area contributed by atoms with Gasteiger partial charge >= 0.3 is 0 Å². The van der Waals surface area contributed by atoms with Crippen molar-refractivity contribution in [3.8, 4) is 0 Å². The van der Waals surface area contributed by atoms with E-state index in [1.165, 1.54) is 4.88 Å². The Hall–Kier alpha value is -0.520. The van der Waals surface area contributed by atoms with E-state index in [0.29, 0.717) is 0 Å². The first-order valence-corrected chi connectivity index (χ1v) is 8.51. The van der Waals surface area contributed by atoms with Gasteiger partial charge in [0.05, 0.1) is 11.0 Å². The van der Waals surface area contributed by atoms with Gasteiger partial charge < -0.3 is 10.1 Å². The minimum atomic E-state index is 0.0466. The summed E-state index contributed by atoms with van der Waals surface area (Å²) >= 11 is 3.36. The molecule has 0 spiro atoms. The average Bonchev–Trinajstić information content (AvgIpc) is 3.03. The lowest BCUT2D eigenvalue weighted by molar-refractivity contribution is 0.0958. The van der Waals surface area contributed by atoms with Crippen LogP contribution in [0.25, 0.3) is 0 Å². The largest absolute Gasteiger partial charge is 0.373 e. The number of nitrogens with one attached hydrogen (secondary N) is 1. The molecular formula is C13H19NO2S2. The van der Waals surface area contributed by atoms with Gasteiger partial charge in [0.1, 0.15) is 0 Å². The topological polar surface area (TPSA) is 38.3 Å². The maximum Gasteiger partial charge on any atom is 0.261 e. The van der Waals surface area contributed by atoms with Crippen LogP contribution in [0.15, 0.2) is 12.1 Å². The molecule has 0 saturated carbocycles. The van der Waals surface area contributed by atoms with Crippen LogP contribution in [0.1, 0.15) is 39.9 Å². The minimum absolute atomic E-state index is 0.0466. The lowest BCUT2D eigenvalue weighted by atomic mass is 10.2. The third-order valence-electron chi connectivity index (χ3n) is 2.91. The third-order valence-corrected chi connectivity index (χ3v) is 4.78. The van der Waals surface area contributed by atoms with Crippen LogP contribution < -0.4 is 5.32 Å². The molecular weight excluding hydrogens is 266 g/mol. The molecule has 100 valence electrons. The van der Waals surface area contributed by atoms with Gasteiger partial charge in [0, 0.05) is 18.0 Å². The van der Waals surface area contributed by atoms with E-state index in [9.17, 15) is 4.79 Å². The van der Waals surface area contributed by atoms with E-state index in [1.54, 1.807) is 23.1 Å². The SMILES string of the molecule is CSCCCNC(=O)c1ccc([C@H]2CCCO2)s1. The smallest absolute Gasteiger partial charge is 0.261 e. The summed E-state index contributed by atoms with van der Waals surface area (Å²) in [5.74, 6) is 1.14. The lowest BCUT2D eigenvalue weighted by Crippen LogP contribution is -2.23. The molecule has 1 saturated heterocycles. The van der Waals surface area contributed by atoms with E-state index in [2.05, 4.69) is 11.6 Å². The zero-order chi connectivity index (χ0) is 12.8. The molecule has 1 aromatic heterocycles. The summed E-state index contributed by atoms with van der Waals surface area (Å²) in [6.07, 6.45) is 5.52. The van der Waals surface area contributed by atoms with E-state index >= 15 is 0 Å². The number of thiophene rings is 1. The van der Waals surface area contributed by atoms with Crippen molar-refractivity contribution >= 4 is 29.0 Å². The van der Waals surface area contributed by atoms with Crippen molar-refractivity contribution < 1.29 is 9.53 Å². The average molecular weight is 285 g/mol. The predicted molar refractivity (Wildman–Crippen MR) is 77.6 cm³/mol. The molecule has 0 unspecified atom stereocenters. The molecule has 1 aliphatic rings. The summed E-state index contributed by atoms with van der Waals surface area (Å²) in [6, 6.07) is 3.93. The number of amides is 1. The quantitative estimate of drug-likeness (QED) is 0.816. The summed E-state index contributed by atoms with van der Waals surface area (Å²) in [4.78, 5) is 13.9. The van der Waals surface area contributed by atoms with Gasteiger partial charge in [0.25, 0.3) is 5.91 Å². The molecule has 0 bridgehead atoms. The van der Waals surface area contributed by atoms with E-state index < -0.39 is 0 Å². The molecule has 1 aliphatic heterocycles. The van der Waals surface area contributed by atoms with Crippen LogP contribution in [0, 0.1) is 0 Å². The van der Waals surface area contributed by atoms with E-state index in [1.807, 2.05) is 12.1 Å². The van der Waals surface area contributed by atoms with Crippen LogP contribution in [-0.2, 0) is 4.74 Å². The number of ether oxygens (including phenoxy) is 1. The first kappa shape index (κ1) is 13.9. The molecule has 1 fully saturated rings. The van der Waals surface area contributed by atoms with Gasteiger partial charge in [-0.25, -0.2) is 0 Å². The predicted octanol–water partition coefficient (Wildman–Crippen LogP) is 3.08. The van der Waals surface area contributed by atoms with Gasteiger partial charge in [-0.3, -0.25) is 4.79 Å². The number of carbonyl (C=O) groups excluding carboxylic acids is 1. The Morgan fingerprint density at radius 3 is 3.22 bits per heavy atom. The fraction of sp³-hybridized carbons (Fsp3) is 0.615. The maximum absolute atomic E-state index is 11.9. The highest BCUT2D eigenvalue weighted by molar-refractivity contribution is 7.98. The van der Waals surface area contributed by atoms with Crippen LogP contribution in [0.4, 0.5) is 0 Å². The van der Waals surface area contributed by atoms with Crippen LogP contribution in [0.5, 0.6) is 0 Å². The molecule has 0 radical (unpaired) electrons. The molecule has 2 heterocycles. The van der Waals surface area contributed by atoms with E-state index in [-0.39, 0.29) is 12.0 Å². The van der Waals surface area contributed by atoms with Crippen LogP contribution in [0.3, 0.4) is 0 Å². The third kappa shape index (κ3) is 3.73. The fourth-order valence-electron chi connectivity index (χ4n) is 1.96. The Bertz CT molecular complexity index is 386. The highest BCUT2D eigenvalue weighted by Crippen LogP contribution is 2.33. The highest BCUT2D eigenvalue weighted by Gasteiger charge is 2.20. The molecule has 1 N–H and O–H groups in total. The summed E-state index contributed by atoms with van der Waals surface area (Å²) < 4.78 is 5.62. The van der Waals surface area contributed by atoms with Crippen molar-refractivity contribution in [2.75, 3.05) is 25.2 Å². The van der Waals surface area contributed by atoms with E-state index in [4.69, 9.17) is 4.74 Å². The fourth-order valence-corrected chi connectivity index (χ4v) is 3.40. The second-order valence-corrected chi connectivity index (χ2v) is 6.41. The second kappa shape index (κ2) is 7.16. The van der Waals surface area contributed by atoms with Crippen molar-refractivity contribution in [3.63, 3.8) is 0 Å². The van der Waals surface area contributed by atoms with Gasteiger partial charge in [-0.1, -0.05) is 0 Å². The van der Waals surface area contributed by atoms with Crippen molar-refractivity contribution in [2.45, 2.75) is 25.4 Å². The molecule has 0 aromatic carbocycles. The first-order chi connectivity index (χ1) is 8.81. The number of carbonyl (C=O) groups is 1. The second-order valence-electron chi connectivity index (χ2n) is 4.31. The van der Waals surface area contributed by atoms with E-state index in [0.717, 1.165) is 43.0 Å². The van der Waals surface area contributed by atoms with Crippen molar-refractivity contribution in [3.05, 3.63) is 21.9 Å². The van der Waals surface area contributed by atoms with Crippen LogP contribution >= 0.6 is 23.1 Å². The summed E-state index contributed by atoms with van der Waals surface area (Å²) in [6.45, 7) is 1.60. The molecule has 5 heteroatoms. The Balaban J connectivity index is 1.83. The Labute approximate surface area is 116 Å². The normalized spacial score (nSPS) is 19.1. The first-order valence-electron chi connectivity index (χ1n) is 6.29. The Morgan fingerprint density at radius 2 is 2.50 bits per heavy atom. The van der Waals surface area contributed by atoms with Gasteiger partial charge in [0.2, 0.25) is 0 Å². The molecule has 1 aromatic rings.